The fourth-order valence-electron chi connectivity index (χ4n) is 0.709. The predicted molar refractivity (Wildman–Crippen MR) is 80.9 cm³/mol. The first-order chi connectivity index (χ1) is 7.81. The lowest BCUT2D eigenvalue weighted by Crippen LogP contribution is -2.22. The van der Waals surface area contributed by atoms with Crippen LogP contribution in [0.5, 0.6) is 0 Å². The normalized spacial score (nSPS) is 10.4. The molecule has 0 aliphatic carbocycles. The number of amides is 1. The number of hydrogen-bond donors (Lipinski definition) is 2. The SMILES string of the molecule is CCSCSCSCCNC(=O)SCCO. The lowest BCUT2D eigenvalue weighted by molar-refractivity contribution is 0.261. The second kappa shape index (κ2) is 13.9. The van der Waals surface area contributed by atoms with Gasteiger partial charge in [-0.1, -0.05) is 18.7 Å². The number of aliphatic hydroxyl groups excluding tert-OH is 1. The van der Waals surface area contributed by atoms with Crippen molar-refractivity contribution in [3.05, 3.63) is 0 Å². The lowest BCUT2D eigenvalue weighted by atomic mass is 10.8. The van der Waals surface area contributed by atoms with Gasteiger partial charge in [0.05, 0.1) is 6.61 Å². The third-order valence-corrected chi connectivity index (χ3v) is 5.74. The predicted octanol–water partition coefficient (Wildman–Crippen LogP) is 2.56. The molecule has 0 radical (unpaired) electrons. The molecule has 0 aliphatic heterocycles. The van der Waals surface area contributed by atoms with Crippen molar-refractivity contribution in [2.75, 3.05) is 40.6 Å². The molecular formula is C9H19NO2S4. The maximum Gasteiger partial charge on any atom is 0.279 e. The van der Waals surface area contributed by atoms with Crippen molar-refractivity contribution in [3.8, 4) is 0 Å². The van der Waals surface area contributed by atoms with Gasteiger partial charge in [0.2, 0.25) is 0 Å². The van der Waals surface area contributed by atoms with Crippen molar-refractivity contribution in [1.29, 1.82) is 0 Å². The van der Waals surface area contributed by atoms with Crippen molar-refractivity contribution in [2.24, 2.45) is 0 Å². The van der Waals surface area contributed by atoms with Crippen LogP contribution in [0.4, 0.5) is 4.79 Å². The minimum absolute atomic E-state index is 0.0381. The first kappa shape index (κ1) is 16.8. The summed E-state index contributed by atoms with van der Waals surface area (Å²) in [7, 11) is 0. The van der Waals surface area contributed by atoms with E-state index in [9.17, 15) is 4.79 Å². The third kappa shape index (κ3) is 12.9. The summed E-state index contributed by atoms with van der Waals surface area (Å²) < 4.78 is 0. The van der Waals surface area contributed by atoms with Gasteiger partial charge in [0.25, 0.3) is 5.24 Å². The molecule has 0 aliphatic rings. The smallest absolute Gasteiger partial charge is 0.279 e. The van der Waals surface area contributed by atoms with Crippen LogP contribution in [0.2, 0.25) is 0 Å². The van der Waals surface area contributed by atoms with Crippen LogP contribution in [0.1, 0.15) is 6.92 Å². The molecule has 0 bridgehead atoms. The van der Waals surface area contributed by atoms with Gasteiger partial charge in [0.15, 0.2) is 0 Å². The van der Waals surface area contributed by atoms with Gasteiger partial charge in [-0.3, -0.25) is 4.79 Å². The molecule has 0 heterocycles. The van der Waals surface area contributed by atoms with Crippen LogP contribution in [-0.4, -0.2) is 50.9 Å². The van der Waals surface area contributed by atoms with Gasteiger partial charge < -0.3 is 10.4 Å². The Balaban J connectivity index is 3.05. The second-order valence-electron chi connectivity index (χ2n) is 2.63. The van der Waals surface area contributed by atoms with E-state index in [1.165, 1.54) is 5.75 Å². The zero-order valence-corrected chi connectivity index (χ0v) is 12.7. The number of nitrogens with one attached hydrogen (secondary N) is 1. The Hall–Kier alpha value is 0.830. The molecule has 16 heavy (non-hydrogen) atoms. The standard InChI is InChI=1S/C9H19NO2S4/c1-2-13-7-15-8-14-5-3-10-9(12)16-6-4-11/h11H,2-8H2,1H3,(H,10,12). The molecule has 0 atom stereocenters. The fourth-order valence-corrected chi connectivity index (χ4v) is 4.40. The Bertz CT molecular complexity index is 172. The lowest BCUT2D eigenvalue weighted by Gasteiger charge is -2.04. The van der Waals surface area contributed by atoms with Crippen LogP contribution in [0.3, 0.4) is 0 Å². The molecule has 1 amide bonds. The molecule has 0 aromatic carbocycles. The minimum Gasteiger partial charge on any atom is -0.396 e. The topological polar surface area (TPSA) is 49.3 Å². The maximum absolute atomic E-state index is 11.1. The van der Waals surface area contributed by atoms with Crippen LogP contribution < -0.4 is 5.32 Å². The third-order valence-electron chi connectivity index (χ3n) is 1.38. The van der Waals surface area contributed by atoms with Crippen molar-refractivity contribution in [1.82, 2.24) is 5.32 Å². The Morgan fingerprint density at radius 3 is 2.62 bits per heavy atom. The van der Waals surface area contributed by atoms with Crippen LogP contribution >= 0.6 is 47.0 Å². The van der Waals surface area contributed by atoms with Crippen LogP contribution in [0, 0.1) is 0 Å². The quantitative estimate of drug-likeness (QED) is 0.478. The molecule has 0 unspecified atom stereocenters. The zero-order valence-electron chi connectivity index (χ0n) is 9.44. The van der Waals surface area contributed by atoms with Gasteiger partial charge in [0, 0.05) is 28.2 Å². The van der Waals surface area contributed by atoms with Gasteiger partial charge in [-0.25, -0.2) is 0 Å². The minimum atomic E-state index is -0.0381. The molecule has 0 spiro atoms. The Kier molecular flexibility index (Phi) is 14.6. The van der Waals surface area contributed by atoms with Crippen molar-refractivity contribution in [3.63, 3.8) is 0 Å². The van der Waals surface area contributed by atoms with Crippen molar-refractivity contribution < 1.29 is 9.90 Å². The average molecular weight is 302 g/mol. The van der Waals surface area contributed by atoms with Gasteiger partial charge in [-0.2, -0.15) is 11.8 Å². The van der Waals surface area contributed by atoms with E-state index in [4.69, 9.17) is 5.11 Å². The van der Waals surface area contributed by atoms with E-state index in [0.29, 0.717) is 12.3 Å². The molecule has 0 rings (SSSR count). The van der Waals surface area contributed by atoms with Crippen LogP contribution in [0.25, 0.3) is 0 Å². The van der Waals surface area contributed by atoms with Gasteiger partial charge >= 0.3 is 0 Å². The number of hydrogen-bond acceptors (Lipinski definition) is 6. The van der Waals surface area contributed by atoms with Gasteiger partial charge in [0.1, 0.15) is 0 Å². The molecular weight excluding hydrogens is 282 g/mol. The molecule has 0 saturated heterocycles. The van der Waals surface area contributed by atoms with Gasteiger partial charge in [-0.05, 0) is 5.75 Å². The van der Waals surface area contributed by atoms with Crippen molar-refractivity contribution >= 4 is 52.3 Å². The first-order valence-corrected chi connectivity index (χ1v) is 9.51. The Morgan fingerprint density at radius 1 is 1.19 bits per heavy atom. The highest BCUT2D eigenvalue weighted by Gasteiger charge is 1.99. The van der Waals surface area contributed by atoms with Crippen molar-refractivity contribution in [2.45, 2.75) is 6.92 Å². The van der Waals surface area contributed by atoms with E-state index >= 15 is 0 Å². The number of carbonyl (C=O) groups excluding carboxylic acids is 1. The molecule has 0 fully saturated rings. The maximum atomic E-state index is 11.1. The number of aliphatic hydroxyl groups is 1. The molecule has 0 aromatic rings. The van der Waals surface area contributed by atoms with E-state index in [0.717, 1.165) is 27.7 Å². The molecule has 0 aromatic heterocycles. The molecule has 2 N–H and O–H groups in total. The summed E-state index contributed by atoms with van der Waals surface area (Å²) in [5, 5.41) is 13.5. The Morgan fingerprint density at radius 2 is 1.94 bits per heavy atom. The largest absolute Gasteiger partial charge is 0.396 e. The Labute approximate surface area is 115 Å². The molecule has 0 saturated carbocycles. The summed E-state index contributed by atoms with van der Waals surface area (Å²) in [5.41, 5.74) is 0. The fraction of sp³-hybridized carbons (Fsp3) is 0.889. The van der Waals surface area contributed by atoms with E-state index in [2.05, 4.69) is 12.2 Å². The summed E-state index contributed by atoms with van der Waals surface area (Å²) in [4.78, 5) is 11.1. The summed E-state index contributed by atoms with van der Waals surface area (Å²) in [6.07, 6.45) is 0. The monoisotopic (exact) mass is 301 g/mol. The molecule has 7 heteroatoms. The summed E-state index contributed by atoms with van der Waals surface area (Å²) >= 11 is 6.84. The van der Waals surface area contributed by atoms with E-state index in [1.54, 1.807) is 0 Å². The zero-order chi connectivity index (χ0) is 12.1. The second-order valence-corrected chi connectivity index (χ2v) is 7.79. The number of carbonyl (C=O) groups is 1. The van der Waals surface area contributed by atoms with E-state index in [-0.39, 0.29) is 11.8 Å². The number of rotatable bonds is 10. The summed E-state index contributed by atoms with van der Waals surface area (Å²) in [5.74, 6) is 2.61. The summed E-state index contributed by atoms with van der Waals surface area (Å²) in [6, 6.07) is 0. The highest BCUT2D eigenvalue weighted by molar-refractivity contribution is 8.22. The van der Waals surface area contributed by atoms with Crippen LogP contribution in [0.15, 0.2) is 0 Å². The molecule has 3 nitrogen and oxygen atoms in total. The average Bonchev–Trinajstić information content (AvgIpc) is 2.30. The number of thioether (sulfide) groups is 4. The van der Waals surface area contributed by atoms with Gasteiger partial charge in [-0.15, -0.1) is 23.5 Å². The van der Waals surface area contributed by atoms with E-state index < -0.39 is 0 Å². The highest BCUT2D eigenvalue weighted by atomic mass is 32.2. The molecule has 96 valence electrons. The van der Waals surface area contributed by atoms with E-state index in [1.807, 2.05) is 35.3 Å². The summed E-state index contributed by atoms with van der Waals surface area (Å²) in [6.45, 7) is 2.93. The highest BCUT2D eigenvalue weighted by Crippen LogP contribution is 2.16. The van der Waals surface area contributed by atoms with Crippen LogP contribution in [-0.2, 0) is 0 Å². The first-order valence-electron chi connectivity index (χ1n) is 5.06.